The number of carboxylic acids is 1. The van der Waals surface area contributed by atoms with Crippen molar-refractivity contribution in [3.63, 3.8) is 0 Å². The Kier molecular flexibility index (Phi) is 6.45. The molecule has 0 bridgehead atoms. The second-order valence-electron chi connectivity index (χ2n) is 2.82. The largest absolute Gasteiger partial charge is 0.481 e. The predicted molar refractivity (Wildman–Crippen MR) is 51.9 cm³/mol. The van der Waals surface area contributed by atoms with Crippen molar-refractivity contribution in [3.05, 3.63) is 11.6 Å². The van der Waals surface area contributed by atoms with Crippen molar-refractivity contribution in [2.45, 2.75) is 33.1 Å². The summed E-state index contributed by atoms with van der Waals surface area (Å²) >= 11 is 0. The lowest BCUT2D eigenvalue weighted by atomic mass is 10.1. The van der Waals surface area contributed by atoms with Crippen LogP contribution in [0.15, 0.2) is 11.6 Å². The highest BCUT2D eigenvalue weighted by Crippen LogP contribution is 2.04. The molecule has 0 aliphatic heterocycles. The van der Waals surface area contributed by atoms with Crippen molar-refractivity contribution in [1.82, 2.24) is 0 Å². The number of rotatable bonds is 6. The minimum Gasteiger partial charge on any atom is -0.481 e. The van der Waals surface area contributed by atoms with Crippen molar-refractivity contribution >= 4 is 11.9 Å². The highest BCUT2D eigenvalue weighted by molar-refractivity contribution is 5.90. The lowest BCUT2D eigenvalue weighted by molar-refractivity contribution is -0.150. The fourth-order valence-corrected chi connectivity index (χ4v) is 0.966. The molecule has 1 N–H and O–H groups in total. The van der Waals surface area contributed by atoms with Gasteiger partial charge in [0.15, 0.2) is 0 Å². The van der Waals surface area contributed by atoms with E-state index in [2.05, 4.69) is 0 Å². The minimum absolute atomic E-state index is 0.170. The predicted octanol–water partition coefficient (Wildman–Crippen LogP) is 1.75. The molecule has 14 heavy (non-hydrogen) atoms. The summed E-state index contributed by atoms with van der Waals surface area (Å²) < 4.78 is 4.69. The average Bonchev–Trinajstić information content (AvgIpc) is 2.11. The fraction of sp³-hybridized carbons (Fsp3) is 0.600. The third kappa shape index (κ3) is 6.22. The Morgan fingerprint density at radius 1 is 1.29 bits per heavy atom. The molecule has 0 heterocycles. The van der Waals surface area contributed by atoms with Crippen LogP contribution in [0.4, 0.5) is 0 Å². The minimum atomic E-state index is -1.16. The van der Waals surface area contributed by atoms with Gasteiger partial charge in [0.2, 0.25) is 0 Å². The molecule has 4 heteroatoms. The summed E-state index contributed by atoms with van der Waals surface area (Å²) in [5.74, 6) is -1.86. The molecule has 0 unspecified atom stereocenters. The van der Waals surface area contributed by atoms with E-state index in [0.29, 0.717) is 0 Å². The topological polar surface area (TPSA) is 63.6 Å². The molecule has 0 spiro atoms. The standard InChI is InChI=1S/C10H16O4/c1-3-8(4-2)5-6-14-10(13)7-9(11)12/h5H,3-4,6-7H2,1-2H3,(H,11,12). The molecule has 0 aliphatic rings. The summed E-state index contributed by atoms with van der Waals surface area (Å²) in [5.41, 5.74) is 1.20. The maximum Gasteiger partial charge on any atom is 0.317 e. The van der Waals surface area contributed by atoms with Gasteiger partial charge in [-0.2, -0.15) is 0 Å². The fourth-order valence-electron chi connectivity index (χ4n) is 0.966. The highest BCUT2D eigenvalue weighted by atomic mass is 16.5. The summed E-state index contributed by atoms with van der Waals surface area (Å²) in [5, 5.41) is 8.27. The molecule has 80 valence electrons. The van der Waals surface area contributed by atoms with Crippen molar-refractivity contribution in [2.24, 2.45) is 0 Å². The van der Waals surface area contributed by atoms with Crippen molar-refractivity contribution < 1.29 is 19.4 Å². The quantitative estimate of drug-likeness (QED) is 0.403. The molecule has 0 atom stereocenters. The van der Waals surface area contributed by atoms with E-state index in [0.717, 1.165) is 12.8 Å². The second kappa shape index (κ2) is 7.12. The summed E-state index contributed by atoms with van der Waals surface area (Å²) in [7, 11) is 0. The number of aliphatic carboxylic acids is 1. The zero-order valence-electron chi connectivity index (χ0n) is 8.58. The number of carboxylic acid groups (broad SMARTS) is 1. The van der Waals surface area contributed by atoms with Crippen LogP contribution < -0.4 is 0 Å². The smallest absolute Gasteiger partial charge is 0.317 e. The maximum absolute atomic E-state index is 10.8. The molecular weight excluding hydrogens is 184 g/mol. The average molecular weight is 200 g/mol. The summed E-state index contributed by atoms with van der Waals surface area (Å²) in [6.45, 7) is 4.21. The molecule has 0 aromatic carbocycles. The molecule has 4 nitrogen and oxygen atoms in total. The molecule has 0 aromatic heterocycles. The van der Waals surface area contributed by atoms with E-state index in [1.165, 1.54) is 5.57 Å². The number of ether oxygens (including phenoxy) is 1. The van der Waals surface area contributed by atoms with Crippen LogP contribution in [0.25, 0.3) is 0 Å². The molecule has 0 amide bonds. The Morgan fingerprint density at radius 2 is 1.86 bits per heavy atom. The van der Waals surface area contributed by atoms with Crippen molar-refractivity contribution in [2.75, 3.05) is 6.61 Å². The highest BCUT2D eigenvalue weighted by Gasteiger charge is 2.07. The molecule has 0 fully saturated rings. The molecule has 0 saturated carbocycles. The molecule has 0 saturated heterocycles. The van der Waals surface area contributed by atoms with E-state index in [4.69, 9.17) is 9.84 Å². The Bertz CT molecular complexity index is 224. The second-order valence-corrected chi connectivity index (χ2v) is 2.82. The molecule has 0 rings (SSSR count). The van der Waals surface area contributed by atoms with Crippen LogP contribution >= 0.6 is 0 Å². The number of hydrogen-bond acceptors (Lipinski definition) is 3. The Morgan fingerprint density at radius 3 is 2.29 bits per heavy atom. The zero-order chi connectivity index (χ0) is 11.0. The van der Waals surface area contributed by atoms with Gasteiger partial charge in [0.05, 0.1) is 0 Å². The Balaban J connectivity index is 3.77. The van der Waals surface area contributed by atoms with E-state index in [1.807, 2.05) is 19.9 Å². The van der Waals surface area contributed by atoms with Crippen LogP contribution in [-0.4, -0.2) is 23.7 Å². The third-order valence-corrected chi connectivity index (χ3v) is 1.82. The lowest BCUT2D eigenvalue weighted by Crippen LogP contribution is -2.10. The summed E-state index contributed by atoms with van der Waals surface area (Å²) in [6, 6.07) is 0. The summed E-state index contributed by atoms with van der Waals surface area (Å²) in [4.78, 5) is 20.9. The van der Waals surface area contributed by atoms with Crippen LogP contribution in [-0.2, 0) is 14.3 Å². The van der Waals surface area contributed by atoms with E-state index < -0.39 is 18.4 Å². The number of allylic oxidation sites excluding steroid dienone is 1. The van der Waals surface area contributed by atoms with Gasteiger partial charge in [-0.1, -0.05) is 19.4 Å². The summed E-state index contributed by atoms with van der Waals surface area (Å²) in [6.07, 6.45) is 3.10. The Hall–Kier alpha value is -1.32. The zero-order valence-corrected chi connectivity index (χ0v) is 8.58. The van der Waals surface area contributed by atoms with Gasteiger partial charge in [-0.05, 0) is 18.9 Å². The normalized spacial score (nSPS) is 9.29. The van der Waals surface area contributed by atoms with E-state index in [-0.39, 0.29) is 6.61 Å². The van der Waals surface area contributed by atoms with Crippen LogP contribution in [0.3, 0.4) is 0 Å². The van der Waals surface area contributed by atoms with Crippen molar-refractivity contribution in [3.8, 4) is 0 Å². The first-order valence-corrected chi connectivity index (χ1v) is 4.65. The van der Waals surface area contributed by atoms with E-state index in [9.17, 15) is 9.59 Å². The van der Waals surface area contributed by atoms with Gasteiger partial charge in [0.25, 0.3) is 0 Å². The Labute approximate surface area is 83.6 Å². The van der Waals surface area contributed by atoms with Gasteiger partial charge in [-0.15, -0.1) is 0 Å². The van der Waals surface area contributed by atoms with Crippen molar-refractivity contribution in [1.29, 1.82) is 0 Å². The van der Waals surface area contributed by atoms with Gasteiger partial charge >= 0.3 is 11.9 Å². The van der Waals surface area contributed by atoms with Crippen LogP contribution in [0.2, 0.25) is 0 Å². The molecule has 0 radical (unpaired) electrons. The first-order chi connectivity index (χ1) is 6.60. The van der Waals surface area contributed by atoms with Crippen LogP contribution in [0.1, 0.15) is 33.1 Å². The van der Waals surface area contributed by atoms with Gasteiger partial charge in [0.1, 0.15) is 13.0 Å². The number of carbonyl (C=O) groups is 2. The first kappa shape index (κ1) is 12.7. The van der Waals surface area contributed by atoms with Crippen LogP contribution in [0.5, 0.6) is 0 Å². The van der Waals surface area contributed by atoms with E-state index in [1.54, 1.807) is 0 Å². The first-order valence-electron chi connectivity index (χ1n) is 4.65. The van der Waals surface area contributed by atoms with Crippen LogP contribution in [0, 0.1) is 0 Å². The number of hydrogen-bond donors (Lipinski definition) is 1. The van der Waals surface area contributed by atoms with Gasteiger partial charge in [-0.25, -0.2) is 0 Å². The van der Waals surface area contributed by atoms with Gasteiger partial charge in [0, 0.05) is 0 Å². The number of esters is 1. The monoisotopic (exact) mass is 200 g/mol. The van der Waals surface area contributed by atoms with Gasteiger partial charge in [-0.3, -0.25) is 9.59 Å². The molecular formula is C10H16O4. The maximum atomic E-state index is 10.8. The SMILES string of the molecule is CCC(=CCOC(=O)CC(=O)O)CC. The third-order valence-electron chi connectivity index (χ3n) is 1.82. The molecule has 0 aromatic rings. The van der Waals surface area contributed by atoms with Gasteiger partial charge < -0.3 is 9.84 Å². The lowest BCUT2D eigenvalue weighted by Gasteiger charge is -2.01. The molecule has 0 aliphatic carbocycles. The van der Waals surface area contributed by atoms with E-state index >= 15 is 0 Å². The number of carbonyl (C=O) groups excluding carboxylic acids is 1.